The molecule has 23 heavy (non-hydrogen) atoms. The minimum Gasteiger partial charge on any atom is -0.439 e. The van der Waals surface area contributed by atoms with Crippen molar-refractivity contribution in [3.63, 3.8) is 0 Å². The Morgan fingerprint density at radius 1 is 1.13 bits per heavy atom. The van der Waals surface area contributed by atoms with Crippen LogP contribution in [-0.4, -0.2) is 11.8 Å². The summed E-state index contributed by atoms with van der Waals surface area (Å²) in [5.41, 5.74) is 0.959. The molecule has 6 heteroatoms. The molecule has 0 unspecified atom stereocenters. The highest BCUT2D eigenvalue weighted by atomic mass is 35.5. The first-order valence-electron chi connectivity index (χ1n) is 6.78. The van der Waals surface area contributed by atoms with E-state index in [1.807, 2.05) is 6.07 Å². The highest BCUT2D eigenvalue weighted by molar-refractivity contribution is 6.31. The van der Waals surface area contributed by atoms with E-state index in [1.54, 1.807) is 42.5 Å². The van der Waals surface area contributed by atoms with Crippen molar-refractivity contribution in [2.75, 3.05) is 11.2 Å². The first-order valence-corrected chi connectivity index (χ1v) is 7.69. The topological polar surface area (TPSA) is 59.3 Å². The van der Waals surface area contributed by atoms with Crippen molar-refractivity contribution in [3.05, 3.63) is 63.8 Å². The fourth-order valence-corrected chi connectivity index (χ4v) is 2.52. The number of hydrogen-bond acceptors (Lipinski definition) is 3. The lowest BCUT2D eigenvalue weighted by molar-refractivity contribution is -0.114. The van der Waals surface area contributed by atoms with Crippen molar-refractivity contribution in [1.82, 2.24) is 0 Å². The number of amides is 1. The zero-order valence-electron chi connectivity index (χ0n) is 11.8. The number of carbonyl (C=O) groups is 1. The smallest absolute Gasteiger partial charge is 0.241 e. The quantitative estimate of drug-likeness (QED) is 0.719. The minimum absolute atomic E-state index is 0.0710. The van der Waals surface area contributed by atoms with Gasteiger partial charge in [-0.05, 0) is 23.8 Å². The third-order valence-corrected chi connectivity index (χ3v) is 3.77. The van der Waals surface area contributed by atoms with Gasteiger partial charge in [-0.25, -0.2) is 0 Å². The first-order chi connectivity index (χ1) is 11.1. The largest absolute Gasteiger partial charge is 0.439 e. The molecule has 1 aromatic heterocycles. The second kappa shape index (κ2) is 6.44. The van der Waals surface area contributed by atoms with Crippen LogP contribution in [0.15, 0.2) is 57.7 Å². The molecule has 1 amide bonds. The maximum atomic E-state index is 12.9. The molecule has 0 aliphatic heterocycles. The second-order valence-corrected chi connectivity index (χ2v) is 5.53. The third kappa shape index (κ3) is 3.09. The van der Waals surface area contributed by atoms with Gasteiger partial charge in [0.05, 0.1) is 10.9 Å². The molecule has 3 aromatic rings. The molecular weight excluding hydrogens is 337 g/mol. The number of nitrogens with one attached hydrogen (secondary N) is 1. The van der Waals surface area contributed by atoms with E-state index in [9.17, 15) is 9.59 Å². The lowest BCUT2D eigenvalue weighted by Gasteiger charge is -2.10. The van der Waals surface area contributed by atoms with Gasteiger partial charge >= 0.3 is 0 Å². The Morgan fingerprint density at radius 3 is 2.57 bits per heavy atom. The number of fused-ring (bicyclic) bond motifs is 1. The fraction of sp³-hybridized carbons (Fsp3) is 0.0588. The van der Waals surface area contributed by atoms with Gasteiger partial charge < -0.3 is 4.42 Å². The number of hydrogen-bond donors (Lipinski definition) is 1. The molecule has 0 saturated carbocycles. The van der Waals surface area contributed by atoms with Crippen LogP contribution in [-0.2, 0) is 4.79 Å². The predicted octanol–water partition coefficient (Wildman–Crippen LogP) is 4.29. The standard InChI is InChI=1S/C17H11Cl2NO3/c18-9-14(21)20-17-15(10-4-2-1-3-5-10)16(22)12-8-11(19)6-7-13(12)23-17/h1-8H,9H2,(H,20,21). The van der Waals surface area contributed by atoms with Crippen molar-refractivity contribution >= 4 is 46.0 Å². The number of halogens is 2. The highest BCUT2D eigenvalue weighted by Crippen LogP contribution is 2.29. The number of rotatable bonds is 3. The Labute approximate surface area is 141 Å². The van der Waals surface area contributed by atoms with Crippen LogP contribution >= 0.6 is 23.2 Å². The van der Waals surface area contributed by atoms with Crippen molar-refractivity contribution in [1.29, 1.82) is 0 Å². The van der Waals surface area contributed by atoms with Crippen molar-refractivity contribution < 1.29 is 9.21 Å². The zero-order chi connectivity index (χ0) is 16.4. The van der Waals surface area contributed by atoms with Crippen LogP contribution in [0.1, 0.15) is 0 Å². The van der Waals surface area contributed by atoms with Crippen LogP contribution in [0.5, 0.6) is 0 Å². The molecule has 4 nitrogen and oxygen atoms in total. The van der Waals surface area contributed by atoms with E-state index >= 15 is 0 Å². The Balaban J connectivity index is 2.33. The van der Waals surface area contributed by atoms with Gasteiger partial charge in [0, 0.05) is 5.02 Å². The van der Waals surface area contributed by atoms with E-state index in [-0.39, 0.29) is 22.8 Å². The molecule has 1 N–H and O–H groups in total. The number of anilines is 1. The molecular formula is C17H11Cl2NO3. The van der Waals surface area contributed by atoms with Crippen LogP contribution in [0.2, 0.25) is 5.02 Å². The molecule has 0 radical (unpaired) electrons. The lowest BCUT2D eigenvalue weighted by atomic mass is 10.0. The molecule has 0 atom stereocenters. The van der Waals surface area contributed by atoms with Crippen LogP contribution in [0.25, 0.3) is 22.1 Å². The van der Waals surface area contributed by atoms with Crippen molar-refractivity contribution in [2.24, 2.45) is 0 Å². The van der Waals surface area contributed by atoms with Gasteiger partial charge in [0.25, 0.3) is 0 Å². The van der Waals surface area contributed by atoms with Crippen molar-refractivity contribution in [2.45, 2.75) is 0 Å². The van der Waals surface area contributed by atoms with Gasteiger partial charge in [0.15, 0.2) is 0 Å². The molecule has 3 rings (SSSR count). The number of carbonyl (C=O) groups excluding carboxylic acids is 1. The molecule has 1 heterocycles. The van der Waals surface area contributed by atoms with Gasteiger partial charge in [-0.1, -0.05) is 41.9 Å². The van der Waals surface area contributed by atoms with E-state index < -0.39 is 5.91 Å². The van der Waals surface area contributed by atoms with Gasteiger partial charge in [-0.15, -0.1) is 11.6 Å². The summed E-state index contributed by atoms with van der Waals surface area (Å²) in [4.78, 5) is 24.5. The van der Waals surface area contributed by atoms with Crippen LogP contribution < -0.4 is 10.7 Å². The average molecular weight is 348 g/mol. The normalized spacial score (nSPS) is 10.7. The average Bonchev–Trinajstić information content (AvgIpc) is 2.56. The van der Waals surface area contributed by atoms with Gasteiger partial charge in [-0.2, -0.15) is 0 Å². The van der Waals surface area contributed by atoms with Gasteiger partial charge in [0.2, 0.25) is 17.2 Å². The Bertz CT molecular complexity index is 936. The van der Waals surface area contributed by atoms with Crippen LogP contribution in [0.4, 0.5) is 5.88 Å². The molecule has 0 spiro atoms. The van der Waals surface area contributed by atoms with Gasteiger partial charge in [0.1, 0.15) is 11.5 Å². The minimum atomic E-state index is -0.458. The van der Waals surface area contributed by atoms with Crippen molar-refractivity contribution in [3.8, 4) is 11.1 Å². The van der Waals surface area contributed by atoms with E-state index in [0.717, 1.165) is 0 Å². The maximum absolute atomic E-state index is 12.9. The zero-order valence-corrected chi connectivity index (χ0v) is 13.3. The monoisotopic (exact) mass is 347 g/mol. The van der Waals surface area contributed by atoms with E-state index in [0.29, 0.717) is 21.6 Å². The molecule has 0 fully saturated rings. The molecule has 116 valence electrons. The van der Waals surface area contributed by atoms with E-state index in [2.05, 4.69) is 5.32 Å². The molecule has 2 aromatic carbocycles. The summed E-state index contributed by atoms with van der Waals surface area (Å²) in [6.45, 7) is 0. The Hall–Kier alpha value is -2.30. The Morgan fingerprint density at radius 2 is 1.87 bits per heavy atom. The van der Waals surface area contributed by atoms with Crippen LogP contribution in [0, 0.1) is 0 Å². The van der Waals surface area contributed by atoms with E-state index in [1.165, 1.54) is 0 Å². The third-order valence-electron chi connectivity index (χ3n) is 3.29. The molecule has 0 aliphatic carbocycles. The lowest BCUT2D eigenvalue weighted by Crippen LogP contribution is -2.17. The fourth-order valence-electron chi connectivity index (χ4n) is 2.28. The number of alkyl halides is 1. The number of benzene rings is 2. The van der Waals surface area contributed by atoms with Gasteiger partial charge in [-0.3, -0.25) is 14.9 Å². The maximum Gasteiger partial charge on any atom is 0.241 e. The summed E-state index contributed by atoms with van der Waals surface area (Å²) < 4.78 is 5.71. The summed E-state index contributed by atoms with van der Waals surface area (Å²) in [7, 11) is 0. The second-order valence-electron chi connectivity index (χ2n) is 4.82. The highest BCUT2D eigenvalue weighted by Gasteiger charge is 2.18. The van der Waals surface area contributed by atoms with E-state index in [4.69, 9.17) is 27.6 Å². The molecule has 0 aliphatic rings. The summed E-state index contributed by atoms with van der Waals surface area (Å²) in [6, 6.07) is 13.7. The molecule has 0 saturated heterocycles. The SMILES string of the molecule is O=C(CCl)Nc1oc2ccc(Cl)cc2c(=O)c1-c1ccccc1. The summed E-state index contributed by atoms with van der Waals surface area (Å²) in [5.74, 6) is -0.627. The van der Waals surface area contributed by atoms with Crippen LogP contribution in [0.3, 0.4) is 0 Å². The summed E-state index contributed by atoms with van der Waals surface area (Å²) in [5, 5.41) is 3.31. The first kappa shape index (κ1) is 15.6. The Kier molecular flexibility index (Phi) is 4.37. The summed E-state index contributed by atoms with van der Waals surface area (Å²) in [6.07, 6.45) is 0. The summed E-state index contributed by atoms with van der Waals surface area (Å²) >= 11 is 11.5. The predicted molar refractivity (Wildman–Crippen MR) is 92.3 cm³/mol. The molecule has 0 bridgehead atoms.